The monoisotopic (exact) mass is 401 g/mol. The van der Waals surface area contributed by atoms with Gasteiger partial charge in [-0.05, 0) is 45.4 Å². The first-order valence-electron chi connectivity index (χ1n) is 10.1. The summed E-state index contributed by atoms with van der Waals surface area (Å²) in [5, 5.41) is 7.00. The molecule has 0 saturated carbocycles. The standard InChI is InChI=1S/C22H31N3O4/c1-16-20(17(2)29-24-16)14-28-19-7-5-18(6-8-19)13-21(26)23-15-22(3,4)25-9-11-27-12-10-25/h5-8H,9-15H2,1-4H3,(H,23,26). The lowest BCUT2D eigenvalue weighted by Crippen LogP contribution is -2.55. The Labute approximate surface area is 172 Å². The molecule has 1 N–H and O–H groups in total. The van der Waals surface area contributed by atoms with Crippen molar-refractivity contribution in [3.63, 3.8) is 0 Å². The summed E-state index contributed by atoms with van der Waals surface area (Å²) in [7, 11) is 0. The van der Waals surface area contributed by atoms with Crippen LogP contribution in [0.3, 0.4) is 0 Å². The predicted molar refractivity (Wildman–Crippen MR) is 110 cm³/mol. The zero-order chi connectivity index (χ0) is 20.9. The fourth-order valence-corrected chi connectivity index (χ4v) is 3.41. The number of ether oxygens (including phenoxy) is 2. The second-order valence-corrected chi connectivity index (χ2v) is 8.10. The molecule has 7 nitrogen and oxygen atoms in total. The molecule has 0 radical (unpaired) electrons. The highest BCUT2D eigenvalue weighted by Gasteiger charge is 2.28. The molecule has 1 aromatic carbocycles. The van der Waals surface area contributed by atoms with Crippen LogP contribution in [0.25, 0.3) is 0 Å². The summed E-state index contributed by atoms with van der Waals surface area (Å²) in [6, 6.07) is 7.63. The van der Waals surface area contributed by atoms with Gasteiger partial charge >= 0.3 is 0 Å². The Morgan fingerprint density at radius 3 is 2.52 bits per heavy atom. The van der Waals surface area contributed by atoms with E-state index < -0.39 is 0 Å². The number of hydrogen-bond acceptors (Lipinski definition) is 6. The Kier molecular flexibility index (Phi) is 6.92. The quantitative estimate of drug-likeness (QED) is 0.733. The molecule has 29 heavy (non-hydrogen) atoms. The van der Waals surface area contributed by atoms with E-state index in [1.165, 1.54) is 0 Å². The number of carbonyl (C=O) groups is 1. The Balaban J connectivity index is 1.45. The third-order valence-corrected chi connectivity index (χ3v) is 5.44. The zero-order valence-corrected chi connectivity index (χ0v) is 17.8. The van der Waals surface area contributed by atoms with Crippen molar-refractivity contribution >= 4 is 5.91 Å². The Bertz CT molecular complexity index is 788. The molecule has 0 atom stereocenters. The topological polar surface area (TPSA) is 76.8 Å². The van der Waals surface area contributed by atoms with Gasteiger partial charge in [-0.2, -0.15) is 0 Å². The lowest BCUT2D eigenvalue weighted by atomic mass is 10.0. The van der Waals surface area contributed by atoms with E-state index in [0.717, 1.165) is 54.6 Å². The van der Waals surface area contributed by atoms with Crippen LogP contribution in [0.2, 0.25) is 0 Å². The van der Waals surface area contributed by atoms with Crippen LogP contribution >= 0.6 is 0 Å². The molecule has 1 amide bonds. The molecule has 158 valence electrons. The van der Waals surface area contributed by atoms with Gasteiger partial charge in [0.25, 0.3) is 0 Å². The first kappa shape index (κ1) is 21.3. The van der Waals surface area contributed by atoms with Gasteiger partial charge in [0.15, 0.2) is 0 Å². The number of morpholine rings is 1. The molecule has 2 aromatic rings. The number of nitrogens with one attached hydrogen (secondary N) is 1. The Morgan fingerprint density at radius 1 is 1.21 bits per heavy atom. The molecule has 1 aliphatic heterocycles. The highest BCUT2D eigenvalue weighted by molar-refractivity contribution is 5.78. The van der Waals surface area contributed by atoms with E-state index in [4.69, 9.17) is 14.0 Å². The number of aryl methyl sites for hydroxylation is 2. The van der Waals surface area contributed by atoms with Crippen LogP contribution in [0.4, 0.5) is 0 Å². The third kappa shape index (κ3) is 5.81. The van der Waals surface area contributed by atoms with Crippen molar-refractivity contribution in [3.8, 4) is 5.75 Å². The Hall–Kier alpha value is -2.38. The smallest absolute Gasteiger partial charge is 0.224 e. The van der Waals surface area contributed by atoms with Gasteiger partial charge in [-0.25, -0.2) is 0 Å². The molecule has 2 heterocycles. The highest BCUT2D eigenvalue weighted by Crippen LogP contribution is 2.18. The van der Waals surface area contributed by atoms with Crippen LogP contribution in [-0.2, 0) is 22.6 Å². The van der Waals surface area contributed by atoms with Gasteiger partial charge in [-0.15, -0.1) is 0 Å². The second kappa shape index (κ2) is 9.41. The molecule has 3 rings (SSSR count). The number of aromatic nitrogens is 1. The van der Waals surface area contributed by atoms with Crippen LogP contribution in [0, 0.1) is 13.8 Å². The maximum Gasteiger partial charge on any atom is 0.224 e. The van der Waals surface area contributed by atoms with Crippen LogP contribution in [0.5, 0.6) is 5.75 Å². The minimum atomic E-state index is -0.0880. The van der Waals surface area contributed by atoms with Gasteiger partial charge in [0.2, 0.25) is 5.91 Å². The van der Waals surface area contributed by atoms with Crippen molar-refractivity contribution in [3.05, 3.63) is 46.8 Å². The summed E-state index contributed by atoms with van der Waals surface area (Å²) in [4.78, 5) is 14.7. The van der Waals surface area contributed by atoms with Gasteiger partial charge in [-0.1, -0.05) is 17.3 Å². The normalized spacial score (nSPS) is 15.3. The van der Waals surface area contributed by atoms with Crippen molar-refractivity contribution < 1.29 is 18.8 Å². The van der Waals surface area contributed by atoms with Crippen LogP contribution in [0.1, 0.15) is 36.4 Å². The first-order chi connectivity index (χ1) is 13.8. The van der Waals surface area contributed by atoms with Crippen molar-refractivity contribution in [1.82, 2.24) is 15.4 Å². The van der Waals surface area contributed by atoms with Gasteiger partial charge in [0.05, 0.1) is 30.9 Å². The van der Waals surface area contributed by atoms with Crippen molar-refractivity contribution in [2.75, 3.05) is 32.8 Å². The second-order valence-electron chi connectivity index (χ2n) is 8.10. The average Bonchev–Trinajstić information content (AvgIpc) is 3.04. The molecule has 1 aromatic heterocycles. The minimum Gasteiger partial charge on any atom is -0.489 e. The van der Waals surface area contributed by atoms with Crippen molar-refractivity contribution in [2.45, 2.75) is 46.3 Å². The summed E-state index contributed by atoms with van der Waals surface area (Å²) in [6.45, 7) is 12.4. The predicted octanol–water partition coefficient (Wildman–Crippen LogP) is 2.64. The van der Waals surface area contributed by atoms with Gasteiger partial charge in [0, 0.05) is 25.2 Å². The first-order valence-corrected chi connectivity index (χ1v) is 10.1. The highest BCUT2D eigenvalue weighted by atomic mass is 16.5. The summed E-state index contributed by atoms with van der Waals surface area (Å²) >= 11 is 0. The van der Waals surface area contributed by atoms with E-state index >= 15 is 0 Å². The molecule has 7 heteroatoms. The SMILES string of the molecule is Cc1noc(C)c1COc1ccc(CC(=O)NCC(C)(C)N2CCOCC2)cc1. The molecule has 1 aliphatic rings. The fourth-order valence-electron chi connectivity index (χ4n) is 3.41. The number of nitrogens with zero attached hydrogens (tertiary/aromatic N) is 2. The zero-order valence-electron chi connectivity index (χ0n) is 17.8. The van der Waals surface area contributed by atoms with Gasteiger partial charge in [-0.3, -0.25) is 9.69 Å². The van der Waals surface area contributed by atoms with E-state index in [1.807, 2.05) is 38.1 Å². The van der Waals surface area contributed by atoms with Crippen LogP contribution in [-0.4, -0.2) is 54.4 Å². The number of rotatable bonds is 8. The van der Waals surface area contributed by atoms with E-state index in [1.54, 1.807) is 0 Å². The van der Waals surface area contributed by atoms with E-state index in [9.17, 15) is 4.79 Å². The van der Waals surface area contributed by atoms with E-state index in [0.29, 0.717) is 19.6 Å². The molecular weight excluding hydrogens is 370 g/mol. The molecule has 1 saturated heterocycles. The van der Waals surface area contributed by atoms with E-state index in [-0.39, 0.29) is 11.4 Å². The molecule has 0 unspecified atom stereocenters. The third-order valence-electron chi connectivity index (χ3n) is 5.44. The summed E-state index contributed by atoms with van der Waals surface area (Å²) in [6.07, 6.45) is 0.351. The molecule has 1 fully saturated rings. The van der Waals surface area contributed by atoms with Gasteiger partial charge in [0.1, 0.15) is 18.1 Å². The number of amides is 1. The largest absolute Gasteiger partial charge is 0.489 e. The van der Waals surface area contributed by atoms with E-state index in [2.05, 4.69) is 29.2 Å². The lowest BCUT2D eigenvalue weighted by Gasteiger charge is -2.40. The number of benzene rings is 1. The van der Waals surface area contributed by atoms with Crippen molar-refractivity contribution in [1.29, 1.82) is 0 Å². The fraction of sp³-hybridized carbons (Fsp3) is 0.545. The summed E-state index contributed by atoms with van der Waals surface area (Å²) in [5.74, 6) is 1.55. The van der Waals surface area contributed by atoms with Crippen molar-refractivity contribution in [2.24, 2.45) is 0 Å². The molecule has 0 bridgehead atoms. The summed E-state index contributed by atoms with van der Waals surface area (Å²) in [5.41, 5.74) is 2.68. The summed E-state index contributed by atoms with van der Waals surface area (Å²) < 4.78 is 16.4. The maximum atomic E-state index is 12.4. The van der Waals surface area contributed by atoms with Gasteiger partial charge < -0.3 is 19.3 Å². The number of carbonyl (C=O) groups excluding carboxylic acids is 1. The molecule has 0 spiro atoms. The van der Waals surface area contributed by atoms with Crippen LogP contribution < -0.4 is 10.1 Å². The minimum absolute atomic E-state index is 0.0238. The molecule has 0 aliphatic carbocycles. The molecular formula is C22H31N3O4. The lowest BCUT2D eigenvalue weighted by molar-refractivity contribution is -0.121. The maximum absolute atomic E-state index is 12.4. The van der Waals surface area contributed by atoms with Crippen LogP contribution in [0.15, 0.2) is 28.8 Å². The average molecular weight is 402 g/mol. The number of hydrogen-bond donors (Lipinski definition) is 1. The Morgan fingerprint density at radius 2 is 1.90 bits per heavy atom.